The summed E-state index contributed by atoms with van der Waals surface area (Å²) in [6, 6.07) is 18.9. The van der Waals surface area contributed by atoms with Crippen molar-refractivity contribution in [2.45, 2.75) is 88.6 Å². The van der Waals surface area contributed by atoms with E-state index >= 15 is 0 Å². The molecule has 0 unspecified atom stereocenters. The summed E-state index contributed by atoms with van der Waals surface area (Å²) < 4.78 is 32.1. The Kier molecular flexibility index (Phi) is 12.6. The zero-order chi connectivity index (χ0) is 35.0. The molecule has 3 rings (SSSR count). The van der Waals surface area contributed by atoms with Crippen LogP contribution in [-0.4, -0.2) is 66.5 Å². The van der Waals surface area contributed by atoms with Gasteiger partial charge in [0.15, 0.2) is 9.84 Å². The van der Waals surface area contributed by atoms with Crippen molar-refractivity contribution in [2.24, 2.45) is 0 Å². The smallest absolute Gasteiger partial charge is 0.408 e. The van der Waals surface area contributed by atoms with Crippen molar-refractivity contribution in [3.05, 3.63) is 101 Å². The summed E-state index contributed by atoms with van der Waals surface area (Å²) >= 11 is 5.94. The van der Waals surface area contributed by atoms with Crippen molar-refractivity contribution in [1.82, 2.24) is 16.0 Å². The first-order valence-electron chi connectivity index (χ1n) is 15.2. The Morgan fingerprint density at radius 3 is 2.02 bits per heavy atom. The molecule has 3 aromatic rings. The summed E-state index contributed by atoms with van der Waals surface area (Å²) in [5, 5.41) is 20.0. The second kappa shape index (κ2) is 15.8. The quantitative estimate of drug-likeness (QED) is 0.213. The van der Waals surface area contributed by atoms with Crippen LogP contribution in [0.3, 0.4) is 0 Å². The number of alkyl carbamates (subject to hydrolysis) is 1. The average molecular weight is 686 g/mol. The number of carbonyl (C=O) groups is 3. The van der Waals surface area contributed by atoms with Crippen molar-refractivity contribution >= 4 is 39.3 Å². The van der Waals surface area contributed by atoms with Crippen LogP contribution in [0, 0.1) is 0 Å². The molecule has 0 aliphatic rings. The Labute approximate surface area is 282 Å². The highest BCUT2D eigenvalue weighted by Gasteiger charge is 2.33. The molecule has 12 heteroatoms. The number of sulfone groups is 1. The van der Waals surface area contributed by atoms with Crippen LogP contribution >= 0.6 is 11.6 Å². The molecule has 254 valence electrons. The van der Waals surface area contributed by atoms with E-state index in [4.69, 9.17) is 16.3 Å². The molecule has 0 saturated carbocycles. The van der Waals surface area contributed by atoms with Gasteiger partial charge in [0, 0.05) is 22.5 Å². The number of halogens is 1. The van der Waals surface area contributed by atoms with E-state index in [0.717, 1.165) is 5.56 Å². The second-order valence-corrected chi connectivity index (χ2v) is 15.8. The molecule has 0 bridgehead atoms. The molecule has 4 N–H and O–H groups in total. The lowest BCUT2D eigenvalue weighted by Gasteiger charge is -2.28. The molecule has 3 amide bonds. The fraction of sp³-hybridized carbons (Fsp3) is 0.400. The van der Waals surface area contributed by atoms with Gasteiger partial charge in [0.1, 0.15) is 11.6 Å². The van der Waals surface area contributed by atoms with E-state index in [9.17, 15) is 27.9 Å². The molecular weight excluding hydrogens is 642 g/mol. The van der Waals surface area contributed by atoms with Crippen molar-refractivity contribution in [3.8, 4) is 0 Å². The summed E-state index contributed by atoms with van der Waals surface area (Å²) in [5.74, 6) is -1.94. The van der Waals surface area contributed by atoms with E-state index < -0.39 is 56.9 Å². The van der Waals surface area contributed by atoms with Gasteiger partial charge in [-0.3, -0.25) is 9.59 Å². The number of aliphatic hydroxyl groups excluding tert-OH is 1. The van der Waals surface area contributed by atoms with E-state index in [2.05, 4.69) is 16.0 Å². The number of nitrogens with one attached hydrogen (secondary N) is 3. The maximum Gasteiger partial charge on any atom is 0.408 e. The summed E-state index contributed by atoms with van der Waals surface area (Å²) in [7, 11) is -4.10. The number of hydrogen-bond acceptors (Lipinski definition) is 7. The number of ether oxygens (including phenoxy) is 1. The molecule has 3 aromatic carbocycles. The van der Waals surface area contributed by atoms with E-state index in [1.165, 1.54) is 24.3 Å². The van der Waals surface area contributed by atoms with Gasteiger partial charge in [0.2, 0.25) is 5.91 Å². The molecule has 0 aliphatic heterocycles. The highest BCUT2D eigenvalue weighted by Crippen LogP contribution is 2.19. The number of carbonyl (C=O) groups excluding carboxylic acids is 3. The molecule has 0 radical (unpaired) electrons. The highest BCUT2D eigenvalue weighted by molar-refractivity contribution is 7.91. The fourth-order valence-electron chi connectivity index (χ4n) is 4.72. The van der Waals surface area contributed by atoms with E-state index in [-0.39, 0.29) is 23.6 Å². The molecule has 47 heavy (non-hydrogen) atoms. The molecule has 10 nitrogen and oxygen atoms in total. The van der Waals surface area contributed by atoms with E-state index in [0.29, 0.717) is 16.1 Å². The minimum Gasteiger partial charge on any atom is -0.444 e. The Morgan fingerprint density at radius 2 is 1.43 bits per heavy atom. The molecule has 0 saturated heterocycles. The van der Waals surface area contributed by atoms with Crippen LogP contribution in [0.4, 0.5) is 4.79 Å². The number of rotatable bonds is 12. The molecule has 0 aliphatic carbocycles. The van der Waals surface area contributed by atoms with Gasteiger partial charge in [0.25, 0.3) is 5.91 Å². The molecular formula is C35H44ClN3O7S. The van der Waals surface area contributed by atoms with Crippen LogP contribution in [0.25, 0.3) is 0 Å². The summed E-state index contributed by atoms with van der Waals surface area (Å²) in [5.41, 5.74) is 0.321. The van der Waals surface area contributed by atoms with Crippen LogP contribution < -0.4 is 16.0 Å². The summed E-state index contributed by atoms with van der Waals surface area (Å²) in [6.07, 6.45) is -2.02. The third-order valence-electron chi connectivity index (χ3n) is 6.84. The maximum atomic E-state index is 13.9. The number of amides is 3. The maximum absolute atomic E-state index is 13.9. The second-order valence-electron chi connectivity index (χ2n) is 13.4. The van der Waals surface area contributed by atoms with Gasteiger partial charge in [-0.15, -0.1) is 0 Å². The number of benzene rings is 3. The SMILES string of the molecule is CC(C)(C)NC(=O)c1ccccc1C[C@@H](O)[C@H](Cc1ccccc1)NC(=O)[C@@H](CS(=O)(=O)c1ccc(Cl)cc1)NC(=O)OC(C)(C)C. The van der Waals surface area contributed by atoms with Gasteiger partial charge in [-0.1, -0.05) is 60.1 Å². The fourth-order valence-corrected chi connectivity index (χ4v) is 6.26. The lowest BCUT2D eigenvalue weighted by molar-refractivity contribution is -0.124. The van der Waals surface area contributed by atoms with Crippen molar-refractivity contribution in [3.63, 3.8) is 0 Å². The lowest BCUT2D eigenvalue weighted by atomic mass is 9.93. The molecule has 0 heterocycles. The largest absolute Gasteiger partial charge is 0.444 e. The highest BCUT2D eigenvalue weighted by atomic mass is 35.5. The van der Waals surface area contributed by atoms with Gasteiger partial charge in [0.05, 0.1) is 22.8 Å². The zero-order valence-corrected chi connectivity index (χ0v) is 29.1. The lowest BCUT2D eigenvalue weighted by Crippen LogP contribution is -2.56. The Morgan fingerprint density at radius 1 is 0.830 bits per heavy atom. The first kappa shape index (κ1) is 37.5. The molecule has 0 fully saturated rings. The standard InChI is InChI=1S/C35H44ClN3O7S/c1-34(2,3)39-31(41)27-15-11-10-14-24(27)21-30(40)28(20-23-12-8-7-9-13-23)37-32(42)29(38-33(43)46-35(4,5)6)22-47(44,45)26-18-16-25(36)17-19-26/h7-19,28-30,40H,20-22H2,1-6H3,(H,37,42)(H,38,43)(H,39,41)/t28-,29+,30+/m0/s1. The molecule has 3 atom stereocenters. The zero-order valence-electron chi connectivity index (χ0n) is 27.5. The van der Waals surface area contributed by atoms with Crippen LogP contribution in [0.2, 0.25) is 5.02 Å². The predicted molar refractivity (Wildman–Crippen MR) is 182 cm³/mol. The van der Waals surface area contributed by atoms with Crippen molar-refractivity contribution < 1.29 is 32.6 Å². The van der Waals surface area contributed by atoms with Crippen LogP contribution in [-0.2, 0) is 32.2 Å². The van der Waals surface area contributed by atoms with E-state index in [1.807, 2.05) is 51.1 Å². The van der Waals surface area contributed by atoms with Crippen LogP contribution in [0.15, 0.2) is 83.8 Å². The van der Waals surface area contributed by atoms with Crippen molar-refractivity contribution in [2.75, 3.05) is 5.75 Å². The average Bonchev–Trinajstić information content (AvgIpc) is 2.95. The van der Waals surface area contributed by atoms with E-state index in [1.54, 1.807) is 45.0 Å². The normalized spacial score (nSPS) is 14.0. The molecule has 0 spiro atoms. The topological polar surface area (TPSA) is 151 Å². The Balaban J connectivity index is 1.94. The van der Waals surface area contributed by atoms with Gasteiger partial charge in [-0.05, 0) is 89.4 Å². The number of hydrogen-bond donors (Lipinski definition) is 4. The third kappa shape index (κ3) is 12.3. The first-order valence-corrected chi connectivity index (χ1v) is 17.3. The van der Waals surface area contributed by atoms with Crippen molar-refractivity contribution in [1.29, 1.82) is 0 Å². The molecule has 0 aromatic heterocycles. The summed E-state index contributed by atoms with van der Waals surface area (Å²) in [4.78, 5) is 39.6. The van der Waals surface area contributed by atoms with Gasteiger partial charge in [-0.25, -0.2) is 13.2 Å². The van der Waals surface area contributed by atoms with Crippen LogP contribution in [0.1, 0.15) is 63.0 Å². The minimum absolute atomic E-state index is 0.00124. The van der Waals surface area contributed by atoms with Crippen LogP contribution in [0.5, 0.6) is 0 Å². The predicted octanol–water partition coefficient (Wildman–Crippen LogP) is 4.87. The third-order valence-corrected chi connectivity index (χ3v) is 8.85. The van der Waals surface area contributed by atoms with Gasteiger partial charge >= 0.3 is 6.09 Å². The number of aliphatic hydroxyl groups is 1. The Hall–Kier alpha value is -3.93. The van der Waals surface area contributed by atoms with Gasteiger partial charge in [-0.2, -0.15) is 0 Å². The first-order chi connectivity index (χ1) is 21.8. The summed E-state index contributed by atoms with van der Waals surface area (Å²) in [6.45, 7) is 10.5. The van der Waals surface area contributed by atoms with Gasteiger partial charge < -0.3 is 25.8 Å². The minimum atomic E-state index is -4.10. The Bertz CT molecular complexity index is 1630. The monoisotopic (exact) mass is 685 g/mol.